The van der Waals surface area contributed by atoms with Gasteiger partial charge in [-0.15, -0.1) is 0 Å². The quantitative estimate of drug-likeness (QED) is 0.519. The summed E-state index contributed by atoms with van der Waals surface area (Å²) in [5.74, 6) is 0.694. The first-order chi connectivity index (χ1) is 9.22. The Morgan fingerprint density at radius 1 is 1.21 bits per heavy atom. The number of nitrogens with zero attached hydrogens (tertiary/aromatic N) is 1. The van der Waals surface area contributed by atoms with Gasteiger partial charge < -0.3 is 8.83 Å². The lowest BCUT2D eigenvalue weighted by molar-refractivity contribution is 0.560. The monoisotopic (exact) mass is 253 g/mol. The Morgan fingerprint density at radius 3 is 2.89 bits per heavy atom. The van der Waals surface area contributed by atoms with Crippen molar-refractivity contribution in [3.8, 4) is 0 Å². The van der Waals surface area contributed by atoms with E-state index in [1.54, 1.807) is 18.5 Å². The molecular formula is C15H11NO3. The van der Waals surface area contributed by atoms with E-state index >= 15 is 0 Å². The fourth-order valence-corrected chi connectivity index (χ4v) is 1.84. The summed E-state index contributed by atoms with van der Waals surface area (Å²) in [5, 5.41) is 0.844. The van der Waals surface area contributed by atoms with Crippen molar-refractivity contribution < 1.29 is 8.83 Å². The van der Waals surface area contributed by atoms with E-state index in [1.165, 1.54) is 6.07 Å². The van der Waals surface area contributed by atoms with Crippen LogP contribution in [0.15, 0.2) is 61.3 Å². The van der Waals surface area contributed by atoms with Crippen molar-refractivity contribution in [2.45, 2.75) is 6.92 Å². The van der Waals surface area contributed by atoms with E-state index in [2.05, 4.69) is 4.99 Å². The first-order valence-electron chi connectivity index (χ1n) is 5.84. The van der Waals surface area contributed by atoms with E-state index in [0.29, 0.717) is 11.3 Å². The van der Waals surface area contributed by atoms with E-state index in [9.17, 15) is 4.79 Å². The van der Waals surface area contributed by atoms with Gasteiger partial charge in [0, 0.05) is 11.5 Å². The third-order valence-corrected chi connectivity index (χ3v) is 2.81. The van der Waals surface area contributed by atoms with Crippen LogP contribution < -0.4 is 5.63 Å². The highest BCUT2D eigenvalue weighted by molar-refractivity contribution is 5.85. The summed E-state index contributed by atoms with van der Waals surface area (Å²) in [4.78, 5) is 15.5. The van der Waals surface area contributed by atoms with Gasteiger partial charge in [0.05, 0.1) is 18.2 Å². The molecule has 19 heavy (non-hydrogen) atoms. The van der Waals surface area contributed by atoms with Crippen LogP contribution in [0.5, 0.6) is 0 Å². The van der Waals surface area contributed by atoms with Crippen molar-refractivity contribution >= 4 is 22.9 Å². The van der Waals surface area contributed by atoms with Gasteiger partial charge in [0.25, 0.3) is 0 Å². The topological polar surface area (TPSA) is 55.7 Å². The second-order valence-corrected chi connectivity index (χ2v) is 4.20. The van der Waals surface area contributed by atoms with Crippen molar-refractivity contribution in [2.75, 3.05) is 0 Å². The van der Waals surface area contributed by atoms with Gasteiger partial charge in [0.1, 0.15) is 11.3 Å². The molecule has 0 aliphatic rings. The zero-order valence-electron chi connectivity index (χ0n) is 10.3. The zero-order chi connectivity index (χ0) is 13.2. The van der Waals surface area contributed by atoms with Gasteiger partial charge in [-0.05, 0) is 42.8 Å². The molecule has 1 aromatic carbocycles. The first-order valence-corrected chi connectivity index (χ1v) is 5.84. The van der Waals surface area contributed by atoms with Crippen molar-refractivity contribution in [1.82, 2.24) is 0 Å². The highest BCUT2D eigenvalue weighted by atomic mass is 16.4. The Labute approximate surface area is 109 Å². The lowest BCUT2D eigenvalue weighted by Gasteiger charge is -2.02. The van der Waals surface area contributed by atoms with E-state index < -0.39 is 0 Å². The van der Waals surface area contributed by atoms with Crippen molar-refractivity contribution in [3.63, 3.8) is 0 Å². The molecule has 0 saturated carbocycles. The summed E-state index contributed by atoms with van der Waals surface area (Å²) >= 11 is 0. The van der Waals surface area contributed by atoms with Gasteiger partial charge in [-0.2, -0.15) is 0 Å². The van der Waals surface area contributed by atoms with Crippen LogP contribution in [0.25, 0.3) is 11.0 Å². The minimum absolute atomic E-state index is 0.348. The van der Waals surface area contributed by atoms with Crippen LogP contribution >= 0.6 is 0 Å². The molecule has 0 saturated heterocycles. The fourth-order valence-electron chi connectivity index (χ4n) is 1.84. The molecule has 94 valence electrons. The van der Waals surface area contributed by atoms with Crippen molar-refractivity contribution in [3.05, 3.63) is 64.4 Å². The van der Waals surface area contributed by atoms with Gasteiger partial charge in [-0.3, -0.25) is 4.99 Å². The highest BCUT2D eigenvalue weighted by Crippen LogP contribution is 2.24. The second kappa shape index (κ2) is 4.57. The van der Waals surface area contributed by atoms with E-state index in [0.717, 1.165) is 16.6 Å². The molecule has 0 amide bonds. The Kier molecular flexibility index (Phi) is 2.76. The Bertz CT molecular complexity index is 798. The lowest BCUT2D eigenvalue weighted by Crippen LogP contribution is -1.94. The summed E-state index contributed by atoms with van der Waals surface area (Å²) in [6.45, 7) is 1.92. The number of aliphatic imine (C=N–C) groups is 1. The van der Waals surface area contributed by atoms with E-state index in [1.807, 2.05) is 31.2 Å². The third kappa shape index (κ3) is 2.33. The molecule has 0 N–H and O–H groups in total. The van der Waals surface area contributed by atoms with Gasteiger partial charge in [-0.25, -0.2) is 4.79 Å². The van der Waals surface area contributed by atoms with Crippen molar-refractivity contribution in [1.29, 1.82) is 0 Å². The molecule has 2 heterocycles. The largest absolute Gasteiger partial charge is 0.463 e. The third-order valence-electron chi connectivity index (χ3n) is 2.81. The molecule has 0 spiro atoms. The van der Waals surface area contributed by atoms with Gasteiger partial charge in [0.15, 0.2) is 0 Å². The number of aryl methyl sites for hydroxylation is 1. The summed E-state index contributed by atoms with van der Waals surface area (Å²) in [7, 11) is 0. The standard InChI is InChI=1S/C15H11NO3/c1-10-7-14-11(4-5-15(17)19-14)8-13(10)16-9-12-3-2-6-18-12/h2-9H,1H3. The number of furan rings is 1. The summed E-state index contributed by atoms with van der Waals surface area (Å²) in [5.41, 5.74) is 1.98. The van der Waals surface area contributed by atoms with E-state index in [-0.39, 0.29) is 5.63 Å². The lowest BCUT2D eigenvalue weighted by atomic mass is 10.1. The number of fused-ring (bicyclic) bond motifs is 1. The summed E-state index contributed by atoms with van der Waals surface area (Å²) < 4.78 is 10.3. The van der Waals surface area contributed by atoms with Crippen LogP contribution in [0, 0.1) is 6.92 Å². The molecule has 0 aliphatic heterocycles. The predicted octanol–water partition coefficient (Wildman–Crippen LogP) is 3.45. The maximum absolute atomic E-state index is 11.2. The molecular weight excluding hydrogens is 242 g/mol. The number of benzene rings is 1. The number of hydrogen-bond acceptors (Lipinski definition) is 4. The Balaban J connectivity index is 2.07. The minimum Gasteiger partial charge on any atom is -0.463 e. The van der Waals surface area contributed by atoms with Crippen LogP contribution in [-0.2, 0) is 0 Å². The Morgan fingerprint density at radius 2 is 2.11 bits per heavy atom. The smallest absolute Gasteiger partial charge is 0.336 e. The first kappa shape index (κ1) is 11.5. The van der Waals surface area contributed by atoms with Gasteiger partial charge >= 0.3 is 5.63 Å². The maximum Gasteiger partial charge on any atom is 0.336 e. The molecule has 0 aliphatic carbocycles. The fraction of sp³-hybridized carbons (Fsp3) is 0.0667. The minimum atomic E-state index is -0.348. The Hall–Kier alpha value is -2.62. The highest BCUT2D eigenvalue weighted by Gasteiger charge is 2.02. The molecule has 4 nitrogen and oxygen atoms in total. The SMILES string of the molecule is Cc1cc2oc(=O)ccc2cc1N=Cc1ccco1. The molecule has 2 aromatic heterocycles. The molecule has 4 heteroatoms. The van der Waals surface area contributed by atoms with Crippen LogP contribution in [-0.4, -0.2) is 6.21 Å². The molecule has 3 rings (SSSR count). The maximum atomic E-state index is 11.2. The number of hydrogen-bond donors (Lipinski definition) is 0. The van der Waals surface area contributed by atoms with Gasteiger partial charge in [-0.1, -0.05) is 0 Å². The van der Waals surface area contributed by atoms with Crippen LogP contribution in [0.4, 0.5) is 5.69 Å². The number of rotatable bonds is 2. The average molecular weight is 253 g/mol. The van der Waals surface area contributed by atoms with Crippen LogP contribution in [0.1, 0.15) is 11.3 Å². The van der Waals surface area contributed by atoms with Crippen LogP contribution in [0.2, 0.25) is 0 Å². The molecule has 0 fully saturated rings. The normalized spacial score (nSPS) is 11.4. The molecule has 0 radical (unpaired) electrons. The average Bonchev–Trinajstić information content (AvgIpc) is 2.89. The van der Waals surface area contributed by atoms with E-state index in [4.69, 9.17) is 8.83 Å². The van der Waals surface area contributed by atoms with Crippen molar-refractivity contribution in [2.24, 2.45) is 4.99 Å². The zero-order valence-corrected chi connectivity index (χ0v) is 10.3. The molecule has 0 atom stereocenters. The predicted molar refractivity (Wildman–Crippen MR) is 73.2 cm³/mol. The molecule has 0 unspecified atom stereocenters. The second-order valence-electron chi connectivity index (χ2n) is 4.20. The van der Waals surface area contributed by atoms with Gasteiger partial charge in [0.2, 0.25) is 0 Å². The summed E-state index contributed by atoms with van der Waals surface area (Å²) in [6, 6.07) is 10.5. The summed E-state index contributed by atoms with van der Waals surface area (Å²) in [6.07, 6.45) is 3.26. The molecule has 3 aromatic rings. The molecule has 0 bridgehead atoms. The van der Waals surface area contributed by atoms with Crippen LogP contribution in [0.3, 0.4) is 0 Å².